The van der Waals surface area contributed by atoms with Gasteiger partial charge in [0.25, 0.3) is 0 Å². The van der Waals surface area contributed by atoms with Gasteiger partial charge < -0.3 is 4.98 Å². The number of H-pyrrole nitrogens is 1. The van der Waals surface area contributed by atoms with E-state index in [0.29, 0.717) is 0 Å². The van der Waals surface area contributed by atoms with Gasteiger partial charge in [0, 0.05) is 16.8 Å². The lowest BCUT2D eigenvalue weighted by Gasteiger charge is -2.07. The Morgan fingerprint density at radius 2 is 2.11 bits per heavy atom. The van der Waals surface area contributed by atoms with E-state index >= 15 is 0 Å². The molecule has 4 heteroatoms. The van der Waals surface area contributed by atoms with Crippen molar-refractivity contribution in [3.63, 3.8) is 0 Å². The molecule has 3 nitrogen and oxygen atoms in total. The summed E-state index contributed by atoms with van der Waals surface area (Å²) < 4.78 is 0. The number of fused-ring (bicyclic) bond motifs is 1. The molecule has 1 aromatic carbocycles. The van der Waals surface area contributed by atoms with Gasteiger partial charge >= 0.3 is 0 Å². The molecule has 2 aromatic heterocycles. The molecule has 0 radical (unpaired) electrons. The van der Waals surface area contributed by atoms with Gasteiger partial charge in [0.15, 0.2) is 5.43 Å². The van der Waals surface area contributed by atoms with Crippen LogP contribution in [0.4, 0.5) is 0 Å². The monoisotopic (exact) mass is 256 g/mol. The van der Waals surface area contributed by atoms with Gasteiger partial charge in [0.1, 0.15) is 0 Å². The van der Waals surface area contributed by atoms with Gasteiger partial charge in [-0.3, -0.25) is 4.79 Å². The molecule has 90 valence electrons. The van der Waals surface area contributed by atoms with Gasteiger partial charge in [-0.2, -0.15) is 0 Å². The van der Waals surface area contributed by atoms with Crippen LogP contribution >= 0.6 is 11.3 Å². The lowest BCUT2D eigenvalue weighted by molar-refractivity contribution is 1.28. The third-order valence-electron chi connectivity index (χ3n) is 3.24. The maximum atomic E-state index is 12.1. The first-order chi connectivity index (χ1) is 8.66. The number of aryl methyl sites for hydroxylation is 2. The van der Waals surface area contributed by atoms with Crippen LogP contribution in [0.1, 0.15) is 11.1 Å². The summed E-state index contributed by atoms with van der Waals surface area (Å²) in [5.74, 6) is 0. The Morgan fingerprint density at radius 1 is 1.28 bits per heavy atom. The minimum atomic E-state index is 0.0369. The number of hydrogen-bond acceptors (Lipinski definition) is 3. The Hall–Kier alpha value is -1.94. The first-order valence-corrected chi connectivity index (χ1v) is 6.63. The van der Waals surface area contributed by atoms with Crippen LogP contribution in [0.15, 0.2) is 33.9 Å². The minimum absolute atomic E-state index is 0.0369. The normalized spacial score (nSPS) is 11.0. The van der Waals surface area contributed by atoms with E-state index in [1.54, 1.807) is 11.6 Å². The molecular weight excluding hydrogens is 244 g/mol. The summed E-state index contributed by atoms with van der Waals surface area (Å²) >= 11 is 1.52. The Balaban J connectivity index is 2.39. The average Bonchev–Trinajstić information content (AvgIpc) is 2.88. The van der Waals surface area contributed by atoms with Crippen molar-refractivity contribution in [3.05, 3.63) is 50.4 Å². The van der Waals surface area contributed by atoms with Crippen molar-refractivity contribution in [2.45, 2.75) is 13.8 Å². The minimum Gasteiger partial charge on any atom is -0.353 e. The second-order valence-electron chi connectivity index (χ2n) is 4.35. The number of nitrogens with zero attached hydrogens (tertiary/aromatic N) is 1. The SMILES string of the molecule is Cc1ccc2c(=O)cc(-c3cscn3)[nH]c2c1C. The summed E-state index contributed by atoms with van der Waals surface area (Å²) in [6, 6.07) is 5.48. The summed E-state index contributed by atoms with van der Waals surface area (Å²) in [6.07, 6.45) is 0. The van der Waals surface area contributed by atoms with E-state index in [2.05, 4.69) is 9.97 Å². The predicted molar refractivity (Wildman–Crippen MR) is 75.2 cm³/mol. The van der Waals surface area contributed by atoms with E-state index in [4.69, 9.17) is 0 Å². The van der Waals surface area contributed by atoms with Crippen LogP contribution in [0, 0.1) is 13.8 Å². The molecule has 0 aliphatic carbocycles. The molecule has 0 fully saturated rings. The first kappa shape index (κ1) is 11.2. The highest BCUT2D eigenvalue weighted by Crippen LogP contribution is 2.21. The van der Waals surface area contributed by atoms with Crippen molar-refractivity contribution in [2.24, 2.45) is 0 Å². The standard InChI is InChI=1S/C14H12N2OS/c1-8-3-4-10-13(17)5-11(12-6-18-7-15-12)16-14(10)9(8)2/h3-7H,1-2H3,(H,16,17). The van der Waals surface area contributed by atoms with Crippen molar-refractivity contribution >= 4 is 22.2 Å². The fraction of sp³-hybridized carbons (Fsp3) is 0.143. The fourth-order valence-electron chi connectivity index (χ4n) is 2.05. The molecule has 18 heavy (non-hydrogen) atoms. The average molecular weight is 256 g/mol. The van der Waals surface area contributed by atoms with Crippen LogP contribution in [0.3, 0.4) is 0 Å². The summed E-state index contributed by atoms with van der Waals surface area (Å²) in [7, 11) is 0. The van der Waals surface area contributed by atoms with E-state index in [9.17, 15) is 4.79 Å². The van der Waals surface area contributed by atoms with Crippen LogP contribution in [-0.4, -0.2) is 9.97 Å². The third kappa shape index (κ3) is 1.66. The summed E-state index contributed by atoms with van der Waals surface area (Å²) in [6.45, 7) is 4.07. The molecule has 3 aromatic rings. The molecule has 3 rings (SSSR count). The number of thiazole rings is 1. The molecule has 0 amide bonds. The van der Waals surface area contributed by atoms with E-state index in [0.717, 1.165) is 27.9 Å². The van der Waals surface area contributed by atoms with Gasteiger partial charge in [-0.1, -0.05) is 6.07 Å². The molecule has 0 atom stereocenters. The van der Waals surface area contributed by atoms with Gasteiger partial charge in [0.2, 0.25) is 0 Å². The predicted octanol–water partition coefficient (Wildman–Crippen LogP) is 3.27. The molecule has 0 bridgehead atoms. The fourth-order valence-corrected chi connectivity index (χ4v) is 2.60. The topological polar surface area (TPSA) is 45.8 Å². The van der Waals surface area contributed by atoms with Gasteiger partial charge in [0.05, 0.1) is 22.4 Å². The highest BCUT2D eigenvalue weighted by Gasteiger charge is 2.08. The van der Waals surface area contributed by atoms with Gasteiger partial charge in [-0.05, 0) is 31.0 Å². The Bertz CT molecular complexity index is 772. The van der Waals surface area contributed by atoms with E-state index in [1.807, 2.05) is 31.4 Å². The van der Waals surface area contributed by atoms with Crippen molar-refractivity contribution in [2.75, 3.05) is 0 Å². The van der Waals surface area contributed by atoms with Crippen molar-refractivity contribution in [1.82, 2.24) is 9.97 Å². The number of aromatic amines is 1. The second kappa shape index (κ2) is 4.07. The van der Waals surface area contributed by atoms with Crippen molar-refractivity contribution in [3.8, 4) is 11.4 Å². The van der Waals surface area contributed by atoms with Crippen LogP contribution < -0.4 is 5.43 Å². The number of hydrogen-bond donors (Lipinski definition) is 1. The lowest BCUT2D eigenvalue weighted by atomic mass is 10.0. The van der Waals surface area contributed by atoms with Gasteiger partial charge in [-0.15, -0.1) is 11.3 Å². The molecular formula is C14H12N2OS. The van der Waals surface area contributed by atoms with E-state index in [-0.39, 0.29) is 5.43 Å². The molecule has 0 aliphatic heterocycles. The molecule has 0 saturated heterocycles. The number of nitrogens with one attached hydrogen (secondary N) is 1. The maximum absolute atomic E-state index is 12.1. The summed E-state index contributed by atoms with van der Waals surface area (Å²) in [5.41, 5.74) is 6.60. The van der Waals surface area contributed by atoms with Crippen LogP contribution in [-0.2, 0) is 0 Å². The highest BCUT2D eigenvalue weighted by atomic mass is 32.1. The van der Waals surface area contributed by atoms with Crippen LogP contribution in [0.25, 0.3) is 22.3 Å². The Morgan fingerprint density at radius 3 is 2.83 bits per heavy atom. The lowest BCUT2D eigenvalue weighted by Crippen LogP contribution is -2.04. The van der Waals surface area contributed by atoms with E-state index in [1.165, 1.54) is 16.9 Å². The quantitative estimate of drug-likeness (QED) is 0.726. The van der Waals surface area contributed by atoms with Gasteiger partial charge in [-0.25, -0.2) is 4.98 Å². The number of pyridine rings is 1. The zero-order valence-corrected chi connectivity index (χ0v) is 11.0. The zero-order valence-electron chi connectivity index (χ0n) is 10.2. The molecule has 0 unspecified atom stereocenters. The summed E-state index contributed by atoms with van der Waals surface area (Å²) in [5, 5.41) is 2.67. The Kier molecular flexibility index (Phi) is 2.52. The zero-order chi connectivity index (χ0) is 12.7. The smallest absolute Gasteiger partial charge is 0.190 e. The summed E-state index contributed by atoms with van der Waals surface area (Å²) in [4.78, 5) is 19.7. The highest BCUT2D eigenvalue weighted by molar-refractivity contribution is 7.07. The molecule has 0 spiro atoms. The van der Waals surface area contributed by atoms with Crippen LogP contribution in [0.2, 0.25) is 0 Å². The Labute approximate surface area is 108 Å². The first-order valence-electron chi connectivity index (χ1n) is 5.68. The van der Waals surface area contributed by atoms with Crippen molar-refractivity contribution < 1.29 is 0 Å². The van der Waals surface area contributed by atoms with E-state index < -0.39 is 0 Å². The largest absolute Gasteiger partial charge is 0.353 e. The third-order valence-corrected chi connectivity index (χ3v) is 3.83. The van der Waals surface area contributed by atoms with Crippen molar-refractivity contribution in [1.29, 1.82) is 0 Å². The number of rotatable bonds is 1. The molecule has 0 aliphatic rings. The molecule has 0 saturated carbocycles. The molecule has 1 N–H and O–H groups in total. The second-order valence-corrected chi connectivity index (χ2v) is 5.07. The number of aromatic nitrogens is 2. The maximum Gasteiger partial charge on any atom is 0.190 e. The molecule has 2 heterocycles. The van der Waals surface area contributed by atoms with Crippen LogP contribution in [0.5, 0.6) is 0 Å². The number of benzene rings is 1.